The molecule has 7 heteroatoms. The predicted octanol–water partition coefficient (Wildman–Crippen LogP) is 4.70. The number of nitro benzene ring substituents is 1. The summed E-state index contributed by atoms with van der Waals surface area (Å²) in [5.74, 6) is 1.01. The first-order chi connectivity index (χ1) is 10.2. The highest BCUT2D eigenvalue weighted by molar-refractivity contribution is 9.09. The molecule has 0 spiro atoms. The SMILES string of the molecule is O=[N+]([O-])c1ccc(OCCCCBr)c(OCCCCBr)c1. The molecule has 0 unspecified atom stereocenters. The number of rotatable bonds is 11. The van der Waals surface area contributed by atoms with Gasteiger partial charge in [0.2, 0.25) is 0 Å². The molecule has 0 N–H and O–H groups in total. The van der Waals surface area contributed by atoms with Crippen molar-refractivity contribution in [1.82, 2.24) is 0 Å². The minimum Gasteiger partial charge on any atom is -0.490 e. The lowest BCUT2D eigenvalue weighted by molar-refractivity contribution is -0.385. The van der Waals surface area contributed by atoms with Crippen LogP contribution >= 0.6 is 31.9 Å². The van der Waals surface area contributed by atoms with E-state index in [2.05, 4.69) is 31.9 Å². The number of nitro groups is 1. The summed E-state index contributed by atoms with van der Waals surface area (Å²) in [7, 11) is 0. The number of ether oxygens (including phenoxy) is 2. The topological polar surface area (TPSA) is 61.6 Å². The van der Waals surface area contributed by atoms with Crippen LogP contribution in [0.1, 0.15) is 25.7 Å². The molecule has 0 aliphatic rings. The zero-order valence-electron chi connectivity index (χ0n) is 11.7. The van der Waals surface area contributed by atoms with Crippen LogP contribution in [0.5, 0.6) is 11.5 Å². The third kappa shape index (κ3) is 7.13. The van der Waals surface area contributed by atoms with Gasteiger partial charge in [-0.05, 0) is 31.7 Å². The van der Waals surface area contributed by atoms with Crippen LogP contribution in [-0.4, -0.2) is 28.8 Å². The van der Waals surface area contributed by atoms with Crippen molar-refractivity contribution in [3.63, 3.8) is 0 Å². The van der Waals surface area contributed by atoms with Gasteiger partial charge in [0.05, 0.1) is 24.2 Å². The molecule has 0 aromatic heterocycles. The van der Waals surface area contributed by atoms with Gasteiger partial charge in [-0.25, -0.2) is 0 Å². The standard InChI is InChI=1S/C14H19Br2NO4/c15-7-1-3-9-20-13-6-5-12(17(18)19)11-14(13)21-10-4-2-8-16/h5-6,11H,1-4,7-10H2. The lowest BCUT2D eigenvalue weighted by Gasteiger charge is -2.12. The average Bonchev–Trinajstić information content (AvgIpc) is 2.48. The van der Waals surface area contributed by atoms with E-state index < -0.39 is 4.92 Å². The third-order valence-electron chi connectivity index (χ3n) is 2.71. The van der Waals surface area contributed by atoms with E-state index in [9.17, 15) is 10.1 Å². The Morgan fingerprint density at radius 3 is 2.05 bits per heavy atom. The van der Waals surface area contributed by atoms with E-state index in [0.717, 1.165) is 36.3 Å². The molecule has 21 heavy (non-hydrogen) atoms. The first-order valence-corrected chi connectivity index (χ1v) is 9.09. The summed E-state index contributed by atoms with van der Waals surface area (Å²) < 4.78 is 11.3. The highest BCUT2D eigenvalue weighted by atomic mass is 79.9. The van der Waals surface area contributed by atoms with Crippen molar-refractivity contribution in [3.05, 3.63) is 28.3 Å². The van der Waals surface area contributed by atoms with Gasteiger partial charge in [-0.1, -0.05) is 31.9 Å². The zero-order chi connectivity index (χ0) is 15.5. The highest BCUT2D eigenvalue weighted by Crippen LogP contribution is 2.31. The van der Waals surface area contributed by atoms with Gasteiger partial charge in [-0.2, -0.15) is 0 Å². The maximum absolute atomic E-state index is 10.8. The van der Waals surface area contributed by atoms with Gasteiger partial charge in [-0.15, -0.1) is 0 Å². The second kappa shape index (κ2) is 10.8. The Hall–Kier alpha value is -0.820. The summed E-state index contributed by atoms with van der Waals surface area (Å²) in [6, 6.07) is 4.46. The Morgan fingerprint density at radius 1 is 0.952 bits per heavy atom. The van der Waals surface area contributed by atoms with E-state index in [1.807, 2.05) is 0 Å². The Labute approximate surface area is 141 Å². The van der Waals surface area contributed by atoms with Gasteiger partial charge < -0.3 is 9.47 Å². The molecule has 1 aromatic carbocycles. The number of non-ortho nitro benzene ring substituents is 1. The van der Waals surface area contributed by atoms with Crippen LogP contribution in [0.3, 0.4) is 0 Å². The molecule has 0 saturated carbocycles. The molecular weight excluding hydrogens is 406 g/mol. The summed E-state index contributed by atoms with van der Waals surface area (Å²) in [5.41, 5.74) is 0.0123. The Kier molecular flexibility index (Phi) is 9.41. The van der Waals surface area contributed by atoms with Crippen LogP contribution in [0.4, 0.5) is 5.69 Å². The first-order valence-electron chi connectivity index (χ1n) is 6.85. The molecule has 0 bridgehead atoms. The summed E-state index contributed by atoms with van der Waals surface area (Å²) in [4.78, 5) is 10.4. The average molecular weight is 425 g/mol. The molecule has 118 valence electrons. The summed E-state index contributed by atoms with van der Waals surface area (Å²) in [6.07, 6.45) is 3.83. The van der Waals surface area contributed by atoms with E-state index in [4.69, 9.17) is 9.47 Å². The van der Waals surface area contributed by atoms with Crippen molar-refractivity contribution in [1.29, 1.82) is 0 Å². The lowest BCUT2D eigenvalue weighted by Crippen LogP contribution is -2.03. The number of halogens is 2. The molecule has 1 rings (SSSR count). The van der Waals surface area contributed by atoms with Gasteiger partial charge in [0.1, 0.15) is 0 Å². The summed E-state index contributed by atoms with van der Waals surface area (Å²) in [5, 5.41) is 12.7. The molecule has 5 nitrogen and oxygen atoms in total. The van der Waals surface area contributed by atoms with Crippen molar-refractivity contribution >= 4 is 37.5 Å². The van der Waals surface area contributed by atoms with Crippen molar-refractivity contribution in [3.8, 4) is 11.5 Å². The van der Waals surface area contributed by atoms with Gasteiger partial charge in [0.25, 0.3) is 5.69 Å². The number of hydrogen-bond acceptors (Lipinski definition) is 4. The minimum absolute atomic E-state index is 0.0123. The maximum atomic E-state index is 10.8. The molecule has 1 aromatic rings. The molecule has 0 amide bonds. The molecule has 0 heterocycles. The number of nitrogens with zero attached hydrogens (tertiary/aromatic N) is 1. The molecular formula is C14H19Br2NO4. The predicted molar refractivity (Wildman–Crippen MR) is 90.1 cm³/mol. The summed E-state index contributed by atoms with van der Waals surface area (Å²) >= 11 is 6.72. The third-order valence-corrected chi connectivity index (χ3v) is 3.83. The van der Waals surface area contributed by atoms with Gasteiger partial charge >= 0.3 is 0 Å². The van der Waals surface area contributed by atoms with Crippen LogP contribution in [0.15, 0.2) is 18.2 Å². The zero-order valence-corrected chi connectivity index (χ0v) is 14.9. The van der Waals surface area contributed by atoms with Gasteiger partial charge in [0.15, 0.2) is 11.5 Å². The summed E-state index contributed by atoms with van der Waals surface area (Å²) in [6.45, 7) is 1.09. The second-order valence-corrected chi connectivity index (χ2v) is 5.96. The Balaban J connectivity index is 2.67. The minimum atomic E-state index is -0.431. The fraction of sp³-hybridized carbons (Fsp3) is 0.571. The van der Waals surface area contributed by atoms with Crippen LogP contribution in [0, 0.1) is 10.1 Å². The quantitative estimate of drug-likeness (QED) is 0.223. The van der Waals surface area contributed by atoms with Crippen LogP contribution < -0.4 is 9.47 Å². The highest BCUT2D eigenvalue weighted by Gasteiger charge is 2.13. The molecule has 0 atom stereocenters. The molecule has 0 aliphatic carbocycles. The molecule has 0 aliphatic heterocycles. The van der Waals surface area contributed by atoms with Crippen molar-refractivity contribution in [2.75, 3.05) is 23.9 Å². The van der Waals surface area contributed by atoms with E-state index in [-0.39, 0.29) is 5.69 Å². The second-order valence-electron chi connectivity index (χ2n) is 4.38. The van der Waals surface area contributed by atoms with Crippen LogP contribution in [0.25, 0.3) is 0 Å². The lowest BCUT2D eigenvalue weighted by atomic mass is 10.2. The molecule has 0 radical (unpaired) electrons. The maximum Gasteiger partial charge on any atom is 0.273 e. The van der Waals surface area contributed by atoms with Crippen molar-refractivity contribution in [2.24, 2.45) is 0 Å². The number of benzene rings is 1. The van der Waals surface area contributed by atoms with E-state index in [1.54, 1.807) is 6.07 Å². The van der Waals surface area contributed by atoms with E-state index in [1.165, 1.54) is 12.1 Å². The number of hydrogen-bond donors (Lipinski definition) is 0. The largest absolute Gasteiger partial charge is 0.490 e. The Bertz CT molecular complexity index is 443. The first kappa shape index (κ1) is 18.2. The smallest absolute Gasteiger partial charge is 0.273 e. The van der Waals surface area contributed by atoms with Gasteiger partial charge in [0, 0.05) is 16.7 Å². The van der Waals surface area contributed by atoms with Gasteiger partial charge in [-0.3, -0.25) is 10.1 Å². The molecule has 0 fully saturated rings. The monoisotopic (exact) mass is 423 g/mol. The van der Waals surface area contributed by atoms with Crippen molar-refractivity contribution < 1.29 is 14.4 Å². The van der Waals surface area contributed by atoms with Crippen LogP contribution in [-0.2, 0) is 0 Å². The van der Waals surface area contributed by atoms with E-state index >= 15 is 0 Å². The van der Waals surface area contributed by atoms with Crippen LogP contribution in [0.2, 0.25) is 0 Å². The van der Waals surface area contributed by atoms with E-state index in [0.29, 0.717) is 24.7 Å². The number of unbranched alkanes of at least 4 members (excludes halogenated alkanes) is 2. The van der Waals surface area contributed by atoms with Crippen molar-refractivity contribution in [2.45, 2.75) is 25.7 Å². The number of alkyl halides is 2. The fourth-order valence-corrected chi connectivity index (χ4v) is 2.39. The fourth-order valence-electron chi connectivity index (χ4n) is 1.60. The molecule has 0 saturated heterocycles. The normalized spacial score (nSPS) is 10.4. The Morgan fingerprint density at radius 2 is 1.52 bits per heavy atom.